The van der Waals surface area contributed by atoms with E-state index in [-0.39, 0.29) is 12.0 Å². The molecular formula is C11H19N3O2S. The van der Waals surface area contributed by atoms with Gasteiger partial charge in [-0.05, 0) is 31.4 Å². The highest BCUT2D eigenvalue weighted by atomic mass is 32.2. The van der Waals surface area contributed by atoms with E-state index < -0.39 is 9.84 Å². The van der Waals surface area contributed by atoms with Crippen LogP contribution in [-0.4, -0.2) is 42.8 Å². The Bertz CT molecular complexity index is 481. The molecule has 96 valence electrons. The van der Waals surface area contributed by atoms with Gasteiger partial charge in [0.25, 0.3) is 0 Å². The maximum Gasteiger partial charge on any atom is 0.150 e. The smallest absolute Gasteiger partial charge is 0.150 e. The van der Waals surface area contributed by atoms with Gasteiger partial charge in [-0.1, -0.05) is 0 Å². The van der Waals surface area contributed by atoms with Gasteiger partial charge in [0, 0.05) is 19.3 Å². The molecule has 2 rings (SSSR count). The Morgan fingerprint density at radius 3 is 2.88 bits per heavy atom. The molecule has 2 heterocycles. The topological polar surface area (TPSA) is 64.0 Å². The van der Waals surface area contributed by atoms with Gasteiger partial charge in [-0.25, -0.2) is 8.42 Å². The lowest BCUT2D eigenvalue weighted by Crippen LogP contribution is -2.36. The van der Waals surface area contributed by atoms with Crippen LogP contribution >= 0.6 is 0 Å². The van der Waals surface area contributed by atoms with Crippen LogP contribution < -0.4 is 5.32 Å². The average molecular weight is 257 g/mol. The van der Waals surface area contributed by atoms with Crippen LogP contribution in [0.1, 0.15) is 12.0 Å². The zero-order chi connectivity index (χ0) is 12.5. The van der Waals surface area contributed by atoms with E-state index >= 15 is 0 Å². The van der Waals surface area contributed by atoms with Crippen LogP contribution in [0.15, 0.2) is 12.4 Å². The van der Waals surface area contributed by atoms with E-state index in [1.54, 1.807) is 4.68 Å². The number of hydrogen-bond acceptors (Lipinski definition) is 4. The predicted octanol–water partition coefficient (Wildman–Crippen LogP) is -0.0147. The summed E-state index contributed by atoms with van der Waals surface area (Å²) in [6.45, 7) is 0. The van der Waals surface area contributed by atoms with Crippen molar-refractivity contribution in [3.05, 3.63) is 18.0 Å². The van der Waals surface area contributed by atoms with E-state index in [9.17, 15) is 8.42 Å². The molecule has 1 fully saturated rings. The van der Waals surface area contributed by atoms with Gasteiger partial charge in [0.05, 0.1) is 17.7 Å². The van der Waals surface area contributed by atoms with Gasteiger partial charge in [-0.15, -0.1) is 0 Å². The lowest BCUT2D eigenvalue weighted by atomic mass is 9.94. The fraction of sp³-hybridized carbons (Fsp3) is 0.727. The zero-order valence-corrected chi connectivity index (χ0v) is 11.1. The lowest BCUT2D eigenvalue weighted by Gasteiger charge is -2.21. The molecule has 2 atom stereocenters. The highest BCUT2D eigenvalue weighted by Crippen LogP contribution is 2.23. The fourth-order valence-corrected chi connectivity index (χ4v) is 4.36. The molecule has 2 unspecified atom stereocenters. The monoisotopic (exact) mass is 257 g/mol. The largest absolute Gasteiger partial charge is 0.316 e. The first-order valence-electron chi connectivity index (χ1n) is 5.85. The molecule has 6 heteroatoms. The third kappa shape index (κ3) is 3.07. The minimum absolute atomic E-state index is 0.219. The maximum absolute atomic E-state index is 11.5. The number of aromatic nitrogens is 2. The van der Waals surface area contributed by atoms with Gasteiger partial charge in [-0.3, -0.25) is 4.68 Å². The average Bonchev–Trinajstić information content (AvgIpc) is 2.81. The summed E-state index contributed by atoms with van der Waals surface area (Å²) in [7, 11) is 0.983. The van der Waals surface area contributed by atoms with Crippen molar-refractivity contribution in [2.75, 3.05) is 18.6 Å². The molecule has 0 radical (unpaired) electrons. The standard InChI is InChI=1S/C11H19N3O2S/c1-12-11(5-9-6-13-14(2)7-9)10-3-4-17(15,16)8-10/h6-7,10-12H,3-5,8H2,1-2H3. The minimum Gasteiger partial charge on any atom is -0.316 e. The Kier molecular flexibility index (Phi) is 3.53. The molecule has 1 aliphatic rings. The summed E-state index contributed by atoms with van der Waals surface area (Å²) in [5.74, 6) is 0.881. The second kappa shape index (κ2) is 4.78. The molecular weight excluding hydrogens is 238 g/mol. The Balaban J connectivity index is 2.02. The summed E-state index contributed by atoms with van der Waals surface area (Å²) in [5, 5.41) is 7.37. The number of sulfone groups is 1. The molecule has 0 aromatic carbocycles. The molecule has 1 N–H and O–H groups in total. The maximum atomic E-state index is 11.5. The van der Waals surface area contributed by atoms with Gasteiger partial charge in [0.2, 0.25) is 0 Å². The van der Waals surface area contributed by atoms with Crippen molar-refractivity contribution in [1.82, 2.24) is 15.1 Å². The molecule has 0 saturated carbocycles. The Hall–Kier alpha value is -0.880. The Morgan fingerprint density at radius 2 is 2.41 bits per heavy atom. The fourth-order valence-electron chi connectivity index (χ4n) is 2.48. The van der Waals surface area contributed by atoms with E-state index in [1.807, 2.05) is 26.5 Å². The van der Waals surface area contributed by atoms with Gasteiger partial charge >= 0.3 is 0 Å². The number of likely N-dealkylation sites (N-methyl/N-ethyl adjacent to an activating group) is 1. The summed E-state index contributed by atoms with van der Waals surface area (Å²) in [6, 6.07) is 0.219. The van der Waals surface area contributed by atoms with Gasteiger partial charge in [0.1, 0.15) is 0 Å². The van der Waals surface area contributed by atoms with Crippen molar-refractivity contribution >= 4 is 9.84 Å². The highest BCUT2D eigenvalue weighted by molar-refractivity contribution is 7.91. The van der Waals surface area contributed by atoms with Crippen LogP contribution in [0.25, 0.3) is 0 Å². The van der Waals surface area contributed by atoms with Crippen LogP contribution in [0.5, 0.6) is 0 Å². The first kappa shape index (κ1) is 12.6. The molecule has 0 bridgehead atoms. The van der Waals surface area contributed by atoms with Crippen molar-refractivity contribution in [2.24, 2.45) is 13.0 Å². The van der Waals surface area contributed by atoms with Crippen molar-refractivity contribution in [2.45, 2.75) is 18.9 Å². The van der Waals surface area contributed by atoms with E-state index in [4.69, 9.17) is 0 Å². The summed E-state index contributed by atoms with van der Waals surface area (Å²) >= 11 is 0. The van der Waals surface area contributed by atoms with E-state index in [0.29, 0.717) is 11.5 Å². The normalized spacial score (nSPS) is 24.9. The first-order valence-corrected chi connectivity index (χ1v) is 7.67. The first-order chi connectivity index (χ1) is 8.00. The zero-order valence-electron chi connectivity index (χ0n) is 10.3. The molecule has 0 amide bonds. The Morgan fingerprint density at radius 1 is 1.65 bits per heavy atom. The van der Waals surface area contributed by atoms with Crippen LogP contribution in [0.4, 0.5) is 0 Å². The minimum atomic E-state index is -2.80. The molecule has 1 aliphatic heterocycles. The highest BCUT2D eigenvalue weighted by Gasteiger charge is 2.33. The van der Waals surface area contributed by atoms with E-state index in [0.717, 1.165) is 18.4 Å². The summed E-state index contributed by atoms with van der Waals surface area (Å²) in [4.78, 5) is 0. The third-order valence-corrected chi connectivity index (χ3v) is 5.22. The second-order valence-electron chi connectivity index (χ2n) is 4.78. The molecule has 1 aromatic heterocycles. The molecule has 17 heavy (non-hydrogen) atoms. The lowest BCUT2D eigenvalue weighted by molar-refractivity contribution is 0.403. The van der Waals surface area contributed by atoms with Crippen molar-refractivity contribution in [3.8, 4) is 0 Å². The van der Waals surface area contributed by atoms with Crippen LogP contribution in [0.2, 0.25) is 0 Å². The quantitative estimate of drug-likeness (QED) is 0.824. The molecule has 0 aliphatic carbocycles. The van der Waals surface area contributed by atoms with E-state index in [1.165, 1.54) is 0 Å². The number of rotatable bonds is 4. The summed E-state index contributed by atoms with van der Waals surface area (Å²) in [5.41, 5.74) is 1.15. The van der Waals surface area contributed by atoms with Gasteiger partial charge in [-0.2, -0.15) is 5.10 Å². The number of hydrogen-bond donors (Lipinski definition) is 1. The van der Waals surface area contributed by atoms with Crippen molar-refractivity contribution < 1.29 is 8.42 Å². The number of nitrogens with one attached hydrogen (secondary N) is 1. The van der Waals surface area contributed by atoms with Crippen LogP contribution in [-0.2, 0) is 23.3 Å². The van der Waals surface area contributed by atoms with Crippen molar-refractivity contribution in [1.29, 1.82) is 0 Å². The third-order valence-electron chi connectivity index (χ3n) is 3.42. The summed E-state index contributed by atoms with van der Waals surface area (Å²) in [6.07, 6.45) is 5.43. The molecule has 1 saturated heterocycles. The van der Waals surface area contributed by atoms with Crippen LogP contribution in [0.3, 0.4) is 0 Å². The number of nitrogens with zero attached hydrogens (tertiary/aromatic N) is 2. The Labute approximate surface area is 102 Å². The molecule has 1 aromatic rings. The SMILES string of the molecule is CNC(Cc1cnn(C)c1)C1CCS(=O)(=O)C1. The molecule has 5 nitrogen and oxygen atoms in total. The van der Waals surface area contributed by atoms with Crippen LogP contribution in [0, 0.1) is 5.92 Å². The second-order valence-corrected chi connectivity index (χ2v) is 7.01. The molecule has 0 spiro atoms. The van der Waals surface area contributed by atoms with Gasteiger partial charge in [0.15, 0.2) is 9.84 Å². The summed E-state index contributed by atoms with van der Waals surface area (Å²) < 4.78 is 24.7. The predicted molar refractivity (Wildman–Crippen MR) is 66.5 cm³/mol. The van der Waals surface area contributed by atoms with E-state index in [2.05, 4.69) is 10.4 Å². The van der Waals surface area contributed by atoms with Crippen molar-refractivity contribution in [3.63, 3.8) is 0 Å². The number of aryl methyl sites for hydroxylation is 1. The van der Waals surface area contributed by atoms with Gasteiger partial charge < -0.3 is 5.32 Å².